The van der Waals surface area contributed by atoms with Gasteiger partial charge in [0, 0.05) is 24.6 Å². The monoisotopic (exact) mass is 385 g/mol. The van der Waals surface area contributed by atoms with E-state index in [0.717, 1.165) is 30.4 Å². The highest BCUT2D eigenvalue weighted by Crippen LogP contribution is 2.59. The molecule has 4 bridgehead atoms. The molecule has 4 aliphatic rings. The first-order valence-electron chi connectivity index (χ1n) is 10.5. The first-order valence-corrected chi connectivity index (χ1v) is 10.5. The summed E-state index contributed by atoms with van der Waals surface area (Å²) in [5, 5.41) is 12.0. The Labute approximate surface area is 167 Å². The molecule has 1 amide bonds. The number of hydrogen-bond acceptors (Lipinski definition) is 4. The lowest BCUT2D eigenvalue weighted by atomic mass is 9.49. The molecule has 1 N–H and O–H groups in total. The van der Waals surface area contributed by atoms with Crippen LogP contribution in [0.3, 0.4) is 0 Å². The Morgan fingerprint density at radius 3 is 2.46 bits per heavy atom. The van der Waals surface area contributed by atoms with E-state index in [4.69, 9.17) is 4.84 Å². The highest BCUT2D eigenvalue weighted by atomic mass is 16.7. The summed E-state index contributed by atoms with van der Waals surface area (Å²) in [5.74, 6) is 1.99. The van der Waals surface area contributed by atoms with Crippen LogP contribution < -0.4 is 0 Å². The van der Waals surface area contributed by atoms with E-state index in [0.29, 0.717) is 42.1 Å². The number of amides is 1. The molecule has 1 aromatic rings. The number of ketones is 1. The maximum Gasteiger partial charge on any atom is 0.277 e. The van der Waals surface area contributed by atoms with Crippen LogP contribution >= 0.6 is 0 Å². The van der Waals surface area contributed by atoms with E-state index >= 15 is 0 Å². The zero-order valence-corrected chi connectivity index (χ0v) is 17.1. The third-order valence-corrected chi connectivity index (χ3v) is 7.45. The normalized spacial score (nSPS) is 33.1. The number of rotatable bonds is 6. The molecule has 0 radical (unpaired) electrons. The van der Waals surface area contributed by atoms with Crippen LogP contribution in [0.5, 0.6) is 0 Å². The molecule has 5 nitrogen and oxygen atoms in total. The summed E-state index contributed by atoms with van der Waals surface area (Å²) in [6.45, 7) is 2.01. The summed E-state index contributed by atoms with van der Waals surface area (Å²) in [7, 11) is 3.03. The first kappa shape index (κ1) is 19.6. The van der Waals surface area contributed by atoms with Crippen molar-refractivity contribution in [3.8, 4) is 0 Å². The number of hydrogen-bond donors (Lipinski definition) is 1. The number of hydroxylamine groups is 2. The van der Waals surface area contributed by atoms with Crippen molar-refractivity contribution in [2.75, 3.05) is 14.2 Å². The minimum atomic E-state index is -0.458. The second-order valence-electron chi connectivity index (χ2n) is 9.20. The predicted octanol–water partition coefficient (Wildman–Crippen LogP) is 3.64. The molecule has 5 heteroatoms. The van der Waals surface area contributed by atoms with Gasteiger partial charge in [0.1, 0.15) is 0 Å². The fraction of sp³-hybridized carbons (Fsp3) is 0.652. The van der Waals surface area contributed by atoms with Crippen LogP contribution in [0.4, 0.5) is 0 Å². The summed E-state index contributed by atoms with van der Waals surface area (Å²) in [6, 6.07) is 5.36. The van der Waals surface area contributed by atoms with E-state index < -0.39 is 5.60 Å². The minimum absolute atomic E-state index is 0.181. The van der Waals surface area contributed by atoms with Crippen LogP contribution in [-0.2, 0) is 11.3 Å². The van der Waals surface area contributed by atoms with Crippen molar-refractivity contribution in [2.24, 2.45) is 23.7 Å². The topological polar surface area (TPSA) is 66.8 Å². The summed E-state index contributed by atoms with van der Waals surface area (Å²) in [6.07, 6.45) is 6.33. The van der Waals surface area contributed by atoms with Gasteiger partial charge in [0.05, 0.1) is 12.7 Å². The van der Waals surface area contributed by atoms with Gasteiger partial charge in [-0.2, -0.15) is 0 Å². The molecular weight excluding hydrogens is 354 g/mol. The number of aryl methyl sites for hydroxylation is 1. The summed E-state index contributed by atoms with van der Waals surface area (Å²) in [4.78, 5) is 30.5. The van der Waals surface area contributed by atoms with Gasteiger partial charge in [0.2, 0.25) is 0 Å². The molecule has 2 unspecified atom stereocenters. The smallest absolute Gasteiger partial charge is 0.277 e. The zero-order valence-electron chi connectivity index (χ0n) is 17.1. The number of carbonyl (C=O) groups is 2. The van der Waals surface area contributed by atoms with Crippen LogP contribution in [0.25, 0.3) is 0 Å². The number of benzene rings is 1. The lowest BCUT2D eigenvalue weighted by Crippen LogP contribution is -2.54. The van der Waals surface area contributed by atoms with Crippen LogP contribution in [0, 0.1) is 23.7 Å². The molecule has 0 aliphatic heterocycles. The maximum atomic E-state index is 13.2. The van der Waals surface area contributed by atoms with Crippen LogP contribution in [0.1, 0.15) is 71.7 Å². The van der Waals surface area contributed by atoms with E-state index in [1.165, 1.54) is 25.0 Å². The van der Waals surface area contributed by atoms with Crippen LogP contribution in [0.2, 0.25) is 0 Å². The lowest BCUT2D eigenvalue weighted by Gasteiger charge is -2.58. The fourth-order valence-electron chi connectivity index (χ4n) is 6.30. The second-order valence-corrected chi connectivity index (χ2v) is 9.20. The highest BCUT2D eigenvalue weighted by Gasteiger charge is 2.54. The van der Waals surface area contributed by atoms with E-state index in [-0.39, 0.29) is 11.7 Å². The molecule has 0 heterocycles. The van der Waals surface area contributed by atoms with Gasteiger partial charge in [-0.15, -0.1) is 0 Å². The Morgan fingerprint density at radius 1 is 1.21 bits per heavy atom. The molecule has 4 fully saturated rings. The molecule has 28 heavy (non-hydrogen) atoms. The maximum absolute atomic E-state index is 13.2. The van der Waals surface area contributed by atoms with Gasteiger partial charge in [-0.25, -0.2) is 5.06 Å². The summed E-state index contributed by atoms with van der Waals surface area (Å²) >= 11 is 0. The van der Waals surface area contributed by atoms with Gasteiger partial charge < -0.3 is 5.11 Å². The van der Waals surface area contributed by atoms with E-state index in [1.54, 1.807) is 13.1 Å². The van der Waals surface area contributed by atoms with E-state index in [2.05, 4.69) is 0 Å². The minimum Gasteiger partial charge on any atom is -0.390 e. The van der Waals surface area contributed by atoms with Crippen molar-refractivity contribution in [3.63, 3.8) is 0 Å². The number of Topliss-reactive ketones (excluding diaryl/α,β-unsaturated/α-hetero) is 1. The third kappa shape index (κ3) is 3.39. The quantitative estimate of drug-likeness (QED) is 0.600. The Morgan fingerprint density at radius 2 is 1.89 bits per heavy atom. The predicted molar refractivity (Wildman–Crippen MR) is 106 cm³/mol. The van der Waals surface area contributed by atoms with Gasteiger partial charge in [-0.1, -0.05) is 13.0 Å². The molecule has 4 saturated carbocycles. The Bertz CT molecular complexity index is 773. The number of nitrogens with zero attached hydrogens (tertiary/aromatic N) is 1. The molecule has 1 aromatic carbocycles. The van der Waals surface area contributed by atoms with Gasteiger partial charge >= 0.3 is 0 Å². The largest absolute Gasteiger partial charge is 0.390 e. The van der Waals surface area contributed by atoms with Gasteiger partial charge in [-0.05, 0) is 79.9 Å². The van der Waals surface area contributed by atoms with Crippen LogP contribution in [-0.4, -0.2) is 41.6 Å². The molecule has 0 spiro atoms. The first-order chi connectivity index (χ1) is 13.3. The zero-order chi connectivity index (χ0) is 20.1. The standard InChI is InChI=1S/C23H31NO4/c1-4-15-9-16(22(26)24(2)28-3)5-6-19(15)21(25)10-20-17-7-14-8-18(20)13-23(27,11-14)12-17/h5-6,9,14,17-18,20,27H,4,7-8,10-13H2,1-3H3. The molecule has 5 rings (SSSR count). The van der Waals surface area contributed by atoms with E-state index in [9.17, 15) is 14.7 Å². The molecular formula is C23H31NO4. The summed E-state index contributed by atoms with van der Waals surface area (Å²) < 4.78 is 0. The average molecular weight is 386 g/mol. The van der Waals surface area contributed by atoms with Crippen molar-refractivity contribution >= 4 is 11.7 Å². The van der Waals surface area contributed by atoms with Gasteiger partial charge in [0.25, 0.3) is 5.91 Å². The average Bonchev–Trinajstić information content (AvgIpc) is 2.67. The Hall–Kier alpha value is -1.72. The number of carbonyl (C=O) groups excluding carboxylic acids is 2. The van der Waals surface area contributed by atoms with Gasteiger partial charge in [-0.3, -0.25) is 14.4 Å². The highest BCUT2D eigenvalue weighted by molar-refractivity contribution is 6.00. The molecule has 0 saturated heterocycles. The molecule has 4 aliphatic carbocycles. The lowest BCUT2D eigenvalue weighted by molar-refractivity contribution is -0.151. The van der Waals surface area contributed by atoms with Crippen molar-refractivity contribution in [1.82, 2.24) is 5.06 Å². The summed E-state index contributed by atoms with van der Waals surface area (Å²) in [5.41, 5.74) is 1.74. The van der Waals surface area contributed by atoms with Crippen molar-refractivity contribution in [1.29, 1.82) is 0 Å². The molecule has 2 atom stereocenters. The van der Waals surface area contributed by atoms with E-state index in [1.807, 2.05) is 19.1 Å². The third-order valence-electron chi connectivity index (χ3n) is 7.45. The number of aliphatic hydroxyl groups is 1. The second kappa shape index (κ2) is 7.27. The Balaban J connectivity index is 1.51. The SMILES string of the molecule is CCc1cc(C(=O)N(C)OC)ccc1C(=O)CC1C2CC3CC1CC(O)(C3)C2. The van der Waals surface area contributed by atoms with Crippen LogP contribution in [0.15, 0.2) is 18.2 Å². The fourth-order valence-corrected chi connectivity index (χ4v) is 6.30. The van der Waals surface area contributed by atoms with Gasteiger partial charge in [0.15, 0.2) is 5.78 Å². The van der Waals surface area contributed by atoms with Crippen molar-refractivity contribution in [3.05, 3.63) is 34.9 Å². The molecule has 152 valence electrons. The van der Waals surface area contributed by atoms with Crippen molar-refractivity contribution < 1.29 is 19.5 Å². The Kier molecular flexibility index (Phi) is 5.09. The van der Waals surface area contributed by atoms with Crippen molar-refractivity contribution in [2.45, 2.75) is 57.5 Å². The molecule has 0 aromatic heterocycles.